The fraction of sp³-hybridized carbons (Fsp3) is 0.692. The Bertz CT molecular complexity index is 303. The third-order valence-electron chi connectivity index (χ3n) is 2.17. The Morgan fingerprint density at radius 2 is 1.94 bits per heavy atom. The Morgan fingerprint density at radius 1 is 1.39 bits per heavy atom. The average Bonchev–Trinajstić information content (AvgIpc) is 2.19. The van der Waals surface area contributed by atoms with Crippen LogP contribution in [0.25, 0.3) is 0 Å². The molecule has 0 aromatic heterocycles. The molecule has 0 saturated carbocycles. The fourth-order valence-corrected chi connectivity index (χ4v) is 1.35. The highest BCUT2D eigenvalue weighted by Crippen LogP contribution is 2.17. The van der Waals surface area contributed by atoms with Gasteiger partial charge in [-0.15, -0.1) is 6.58 Å². The molecule has 5 heteroatoms. The number of carboxylic acid groups (broad SMARTS) is 1. The van der Waals surface area contributed by atoms with E-state index in [2.05, 4.69) is 6.58 Å². The van der Waals surface area contributed by atoms with Crippen LogP contribution in [-0.2, 0) is 19.1 Å². The molecular weight excluding hydrogens is 236 g/mol. The molecule has 0 radical (unpaired) electrons. The molecule has 0 fully saturated rings. The van der Waals surface area contributed by atoms with Crippen molar-refractivity contribution in [3.05, 3.63) is 12.7 Å². The van der Waals surface area contributed by atoms with Crippen LogP contribution in [0, 0.1) is 5.92 Å². The quantitative estimate of drug-likeness (QED) is 0.558. The van der Waals surface area contributed by atoms with Crippen molar-refractivity contribution in [3.63, 3.8) is 0 Å². The first-order valence-electron chi connectivity index (χ1n) is 5.84. The van der Waals surface area contributed by atoms with E-state index < -0.39 is 29.6 Å². The van der Waals surface area contributed by atoms with Crippen molar-refractivity contribution >= 4 is 11.9 Å². The van der Waals surface area contributed by atoms with Crippen LogP contribution in [0.2, 0.25) is 0 Å². The Labute approximate surface area is 108 Å². The number of carbonyl (C=O) groups is 2. The van der Waals surface area contributed by atoms with E-state index in [0.29, 0.717) is 0 Å². The summed E-state index contributed by atoms with van der Waals surface area (Å²) in [5.41, 5.74) is -0.620. The Hall–Kier alpha value is -1.36. The molecule has 0 aliphatic heterocycles. The minimum Gasteiger partial charge on any atom is -0.481 e. The van der Waals surface area contributed by atoms with E-state index in [9.17, 15) is 9.59 Å². The largest absolute Gasteiger partial charge is 0.481 e. The van der Waals surface area contributed by atoms with Crippen molar-refractivity contribution in [2.24, 2.45) is 5.92 Å². The Kier molecular flexibility index (Phi) is 6.62. The van der Waals surface area contributed by atoms with E-state index in [0.717, 1.165) is 0 Å². The van der Waals surface area contributed by atoms with Crippen molar-refractivity contribution < 1.29 is 24.2 Å². The van der Waals surface area contributed by atoms with Gasteiger partial charge in [0, 0.05) is 0 Å². The van der Waals surface area contributed by atoms with Gasteiger partial charge < -0.3 is 14.6 Å². The molecule has 0 unspecified atom stereocenters. The second-order valence-electron chi connectivity index (χ2n) is 5.06. The molecule has 5 nitrogen and oxygen atoms in total. The van der Waals surface area contributed by atoms with Crippen LogP contribution in [0.4, 0.5) is 0 Å². The molecule has 0 amide bonds. The molecule has 0 aromatic rings. The number of hydrogen-bond acceptors (Lipinski definition) is 4. The highest BCUT2D eigenvalue weighted by atomic mass is 16.6. The molecule has 0 rings (SSSR count). The predicted molar refractivity (Wildman–Crippen MR) is 67.2 cm³/mol. The summed E-state index contributed by atoms with van der Waals surface area (Å²) in [6, 6.07) is 0. The summed E-state index contributed by atoms with van der Waals surface area (Å²) in [4.78, 5) is 22.7. The number of carbonyl (C=O) groups excluding carboxylic acids is 1. The highest BCUT2D eigenvalue weighted by molar-refractivity contribution is 5.79. The minimum atomic E-state index is -1.07. The molecule has 0 saturated heterocycles. The molecular formula is C13H22O5. The maximum absolute atomic E-state index is 11.6. The standard InChI is InChI=1S/C13H22O5/c1-6-7-17-9(2)10(12(15)16)8-11(14)18-13(3,4)5/h6,9-10H,1,7-8H2,2-5H3,(H,15,16)/t9-,10-/m0/s1. The molecule has 0 aliphatic carbocycles. The molecule has 0 heterocycles. The number of hydrogen-bond donors (Lipinski definition) is 1. The first kappa shape index (κ1) is 16.6. The van der Waals surface area contributed by atoms with E-state index in [4.69, 9.17) is 14.6 Å². The van der Waals surface area contributed by atoms with E-state index in [1.807, 2.05) is 0 Å². The van der Waals surface area contributed by atoms with Crippen LogP contribution < -0.4 is 0 Å². The monoisotopic (exact) mass is 258 g/mol. The lowest BCUT2D eigenvalue weighted by Gasteiger charge is -2.23. The number of carboxylic acids is 1. The van der Waals surface area contributed by atoms with E-state index in [-0.39, 0.29) is 13.0 Å². The third kappa shape index (κ3) is 7.06. The number of aliphatic carboxylic acids is 1. The topological polar surface area (TPSA) is 72.8 Å². The van der Waals surface area contributed by atoms with Crippen molar-refractivity contribution in [2.75, 3.05) is 6.61 Å². The van der Waals surface area contributed by atoms with E-state index in [1.165, 1.54) is 6.08 Å². The zero-order chi connectivity index (χ0) is 14.3. The maximum atomic E-state index is 11.6. The highest BCUT2D eigenvalue weighted by Gasteiger charge is 2.30. The van der Waals surface area contributed by atoms with Crippen molar-refractivity contribution in [2.45, 2.75) is 45.8 Å². The summed E-state index contributed by atoms with van der Waals surface area (Å²) in [5.74, 6) is -2.53. The second kappa shape index (κ2) is 7.16. The summed E-state index contributed by atoms with van der Waals surface area (Å²) in [6.07, 6.45) is 0.751. The lowest BCUT2D eigenvalue weighted by Crippen LogP contribution is -2.33. The zero-order valence-electron chi connectivity index (χ0n) is 11.4. The molecule has 104 valence electrons. The molecule has 0 bridgehead atoms. The molecule has 2 atom stereocenters. The van der Waals surface area contributed by atoms with E-state index in [1.54, 1.807) is 27.7 Å². The van der Waals surface area contributed by atoms with Gasteiger partial charge >= 0.3 is 11.9 Å². The van der Waals surface area contributed by atoms with Gasteiger partial charge in [-0.3, -0.25) is 9.59 Å². The molecule has 18 heavy (non-hydrogen) atoms. The van der Waals surface area contributed by atoms with Gasteiger partial charge in [-0.05, 0) is 27.7 Å². The van der Waals surface area contributed by atoms with Crippen LogP contribution in [0.5, 0.6) is 0 Å². The lowest BCUT2D eigenvalue weighted by atomic mass is 9.99. The lowest BCUT2D eigenvalue weighted by molar-refractivity contribution is -0.163. The summed E-state index contributed by atoms with van der Waals surface area (Å²) < 4.78 is 10.3. The van der Waals surface area contributed by atoms with E-state index >= 15 is 0 Å². The van der Waals surface area contributed by atoms with Gasteiger partial charge in [0.1, 0.15) is 5.60 Å². The van der Waals surface area contributed by atoms with Crippen molar-refractivity contribution in [1.82, 2.24) is 0 Å². The maximum Gasteiger partial charge on any atom is 0.309 e. The van der Waals surface area contributed by atoms with Gasteiger partial charge in [0.2, 0.25) is 0 Å². The first-order chi connectivity index (χ1) is 8.17. The minimum absolute atomic E-state index is 0.203. The molecule has 0 aliphatic rings. The molecule has 1 N–H and O–H groups in total. The Morgan fingerprint density at radius 3 is 2.33 bits per heavy atom. The number of esters is 1. The van der Waals surface area contributed by atoms with Gasteiger partial charge in [-0.2, -0.15) is 0 Å². The van der Waals surface area contributed by atoms with Crippen molar-refractivity contribution in [3.8, 4) is 0 Å². The number of rotatable bonds is 7. The number of ether oxygens (including phenoxy) is 2. The van der Waals surface area contributed by atoms with Crippen LogP contribution in [0.15, 0.2) is 12.7 Å². The smallest absolute Gasteiger partial charge is 0.309 e. The summed E-state index contributed by atoms with van der Waals surface area (Å²) in [5, 5.41) is 9.08. The van der Waals surface area contributed by atoms with Gasteiger partial charge in [0.15, 0.2) is 0 Å². The van der Waals surface area contributed by atoms with Gasteiger partial charge in [0.05, 0.1) is 25.0 Å². The van der Waals surface area contributed by atoms with Gasteiger partial charge in [-0.1, -0.05) is 6.08 Å². The molecule has 0 spiro atoms. The predicted octanol–water partition coefficient (Wildman–Crippen LogP) is 2.01. The summed E-state index contributed by atoms with van der Waals surface area (Å²) >= 11 is 0. The van der Waals surface area contributed by atoms with Crippen LogP contribution >= 0.6 is 0 Å². The average molecular weight is 258 g/mol. The molecule has 0 aromatic carbocycles. The van der Waals surface area contributed by atoms with Crippen LogP contribution in [-0.4, -0.2) is 35.4 Å². The van der Waals surface area contributed by atoms with Gasteiger partial charge in [-0.25, -0.2) is 0 Å². The van der Waals surface area contributed by atoms with Crippen LogP contribution in [0.3, 0.4) is 0 Å². The fourth-order valence-electron chi connectivity index (χ4n) is 1.35. The summed E-state index contributed by atoms with van der Waals surface area (Å²) in [6.45, 7) is 10.6. The van der Waals surface area contributed by atoms with Crippen LogP contribution in [0.1, 0.15) is 34.1 Å². The van der Waals surface area contributed by atoms with Gasteiger partial charge in [0.25, 0.3) is 0 Å². The Balaban J connectivity index is 4.49. The normalized spacial score (nSPS) is 14.7. The SMILES string of the molecule is C=CCO[C@@H](C)[C@H](CC(=O)OC(C)(C)C)C(=O)O. The first-order valence-corrected chi connectivity index (χ1v) is 5.84. The zero-order valence-corrected chi connectivity index (χ0v) is 11.4. The van der Waals surface area contributed by atoms with Crippen molar-refractivity contribution in [1.29, 1.82) is 0 Å². The summed E-state index contributed by atoms with van der Waals surface area (Å²) in [7, 11) is 0. The third-order valence-corrected chi connectivity index (χ3v) is 2.17. The second-order valence-corrected chi connectivity index (χ2v) is 5.06.